The lowest BCUT2D eigenvalue weighted by Crippen LogP contribution is -2.51. The van der Waals surface area contributed by atoms with E-state index in [-0.39, 0.29) is 11.6 Å². The van der Waals surface area contributed by atoms with E-state index in [2.05, 4.69) is 25.7 Å². The van der Waals surface area contributed by atoms with Crippen LogP contribution in [0, 0.1) is 0 Å². The summed E-state index contributed by atoms with van der Waals surface area (Å²) in [7, 11) is 0. The summed E-state index contributed by atoms with van der Waals surface area (Å²) < 4.78 is 0. The minimum absolute atomic E-state index is 0.0291. The van der Waals surface area contributed by atoms with E-state index in [1.54, 1.807) is 0 Å². The molecule has 0 amide bonds. The number of aliphatic hydroxyl groups is 1. The van der Waals surface area contributed by atoms with Crippen LogP contribution in [0.5, 0.6) is 0 Å². The van der Waals surface area contributed by atoms with Crippen LogP contribution < -0.4 is 0 Å². The van der Waals surface area contributed by atoms with Crippen LogP contribution in [0.3, 0.4) is 0 Å². The molecular weight excluding hydrogens is 234 g/mol. The average molecular weight is 269 g/mol. The van der Waals surface area contributed by atoms with E-state index in [1.165, 1.54) is 70.9 Å². The molecule has 114 valence electrons. The van der Waals surface area contributed by atoms with Gasteiger partial charge in [-0.05, 0) is 46.2 Å². The molecule has 0 aromatic rings. The fourth-order valence-electron chi connectivity index (χ4n) is 3.15. The smallest absolute Gasteiger partial charge is 0.0718 e. The molecule has 0 bridgehead atoms. The number of hydrogen-bond acceptors (Lipinski definition) is 2. The number of rotatable bonds is 10. The molecule has 0 aliphatic carbocycles. The first-order chi connectivity index (χ1) is 9.09. The van der Waals surface area contributed by atoms with Gasteiger partial charge in [-0.1, -0.05) is 51.9 Å². The molecule has 1 rings (SSSR count). The van der Waals surface area contributed by atoms with Crippen molar-refractivity contribution in [3.63, 3.8) is 0 Å². The molecule has 0 saturated carbocycles. The maximum Gasteiger partial charge on any atom is 0.0718 e. The van der Waals surface area contributed by atoms with E-state index in [0.717, 1.165) is 6.42 Å². The van der Waals surface area contributed by atoms with Crippen LogP contribution in [-0.2, 0) is 0 Å². The van der Waals surface area contributed by atoms with Crippen LogP contribution in [-0.4, -0.2) is 34.7 Å². The Hall–Kier alpha value is -0.0800. The fraction of sp³-hybridized carbons (Fsp3) is 1.00. The molecule has 19 heavy (non-hydrogen) atoms. The summed E-state index contributed by atoms with van der Waals surface area (Å²) in [5.41, 5.74) is -0.0291. The number of hydrogen-bond donors (Lipinski definition) is 1. The zero-order valence-corrected chi connectivity index (χ0v) is 13.5. The van der Waals surface area contributed by atoms with Gasteiger partial charge in [0.2, 0.25) is 0 Å². The molecule has 1 saturated heterocycles. The van der Waals surface area contributed by atoms with Gasteiger partial charge < -0.3 is 5.11 Å². The zero-order chi connectivity index (χ0) is 14.1. The highest BCUT2D eigenvalue weighted by Crippen LogP contribution is 2.27. The maximum atomic E-state index is 10.4. The van der Waals surface area contributed by atoms with Gasteiger partial charge in [-0.3, -0.25) is 4.90 Å². The number of nitrogens with zero attached hydrogens (tertiary/aromatic N) is 1. The second kappa shape index (κ2) is 8.97. The lowest BCUT2D eigenvalue weighted by Gasteiger charge is -2.39. The molecule has 2 heteroatoms. The Morgan fingerprint density at radius 3 is 2.05 bits per heavy atom. The third-order valence-corrected chi connectivity index (χ3v) is 4.82. The number of unbranched alkanes of at least 4 members (excludes halogenated alkanes) is 6. The van der Waals surface area contributed by atoms with Crippen molar-refractivity contribution in [2.45, 2.75) is 96.6 Å². The van der Waals surface area contributed by atoms with Gasteiger partial charge in [0.05, 0.1) is 6.10 Å². The van der Waals surface area contributed by atoms with Crippen molar-refractivity contribution in [2.75, 3.05) is 13.1 Å². The van der Waals surface area contributed by atoms with Crippen LogP contribution in [0.4, 0.5) is 0 Å². The molecule has 1 heterocycles. The van der Waals surface area contributed by atoms with E-state index in [1.807, 2.05) is 0 Å². The van der Waals surface area contributed by atoms with Gasteiger partial charge in [-0.2, -0.15) is 0 Å². The predicted molar refractivity (Wildman–Crippen MR) is 83.5 cm³/mol. The quantitative estimate of drug-likeness (QED) is 0.596. The summed E-state index contributed by atoms with van der Waals surface area (Å²) in [5, 5.41) is 10.4. The summed E-state index contributed by atoms with van der Waals surface area (Å²) in [6, 6.07) is 0. The molecule has 0 radical (unpaired) electrons. The molecule has 0 aromatic heterocycles. The van der Waals surface area contributed by atoms with Crippen molar-refractivity contribution >= 4 is 0 Å². The van der Waals surface area contributed by atoms with Gasteiger partial charge in [-0.15, -0.1) is 0 Å². The van der Waals surface area contributed by atoms with Gasteiger partial charge in [0.15, 0.2) is 0 Å². The Morgan fingerprint density at radius 2 is 1.47 bits per heavy atom. The summed E-state index contributed by atoms with van der Waals surface area (Å²) in [4.78, 5) is 2.47. The normalized spacial score (nSPS) is 18.9. The summed E-state index contributed by atoms with van der Waals surface area (Å²) in [6.07, 6.45) is 12.7. The highest BCUT2D eigenvalue weighted by Gasteiger charge is 2.35. The summed E-state index contributed by atoms with van der Waals surface area (Å²) in [6.45, 7) is 9.02. The summed E-state index contributed by atoms with van der Waals surface area (Å²) >= 11 is 0. The van der Waals surface area contributed by atoms with Crippen LogP contribution in [0.2, 0.25) is 0 Å². The molecule has 1 atom stereocenters. The maximum absolute atomic E-state index is 10.4. The van der Waals surface area contributed by atoms with E-state index in [4.69, 9.17) is 0 Å². The third-order valence-electron chi connectivity index (χ3n) is 4.82. The monoisotopic (exact) mass is 269 g/mol. The first-order valence-electron chi connectivity index (χ1n) is 8.52. The molecule has 1 unspecified atom stereocenters. The van der Waals surface area contributed by atoms with Crippen molar-refractivity contribution in [1.29, 1.82) is 0 Å². The Labute approximate surface area is 120 Å². The molecule has 0 spiro atoms. The predicted octanol–water partition coefficient (Wildman–Crippen LogP) is 4.36. The minimum atomic E-state index is -0.166. The van der Waals surface area contributed by atoms with Crippen molar-refractivity contribution < 1.29 is 5.11 Å². The number of aliphatic hydroxyl groups excluding tert-OH is 1. The molecule has 1 fully saturated rings. The van der Waals surface area contributed by atoms with Crippen molar-refractivity contribution in [3.05, 3.63) is 0 Å². The average Bonchev–Trinajstić information content (AvgIpc) is 2.92. The molecular formula is C17H35NO. The number of likely N-dealkylation sites (tertiary alicyclic amines) is 1. The van der Waals surface area contributed by atoms with Gasteiger partial charge in [0, 0.05) is 5.54 Å². The van der Waals surface area contributed by atoms with Crippen molar-refractivity contribution in [1.82, 2.24) is 4.90 Å². The molecule has 1 aliphatic rings. The van der Waals surface area contributed by atoms with E-state index < -0.39 is 0 Å². The van der Waals surface area contributed by atoms with Gasteiger partial charge >= 0.3 is 0 Å². The van der Waals surface area contributed by atoms with E-state index in [9.17, 15) is 5.11 Å². The van der Waals surface area contributed by atoms with Gasteiger partial charge in [0.25, 0.3) is 0 Å². The van der Waals surface area contributed by atoms with Crippen LogP contribution >= 0.6 is 0 Å². The Balaban J connectivity index is 2.10. The molecule has 0 aromatic carbocycles. The van der Waals surface area contributed by atoms with Crippen molar-refractivity contribution in [3.8, 4) is 0 Å². The molecule has 1 N–H and O–H groups in total. The zero-order valence-electron chi connectivity index (χ0n) is 13.5. The third kappa shape index (κ3) is 5.83. The lowest BCUT2D eigenvalue weighted by molar-refractivity contribution is -0.00323. The van der Waals surface area contributed by atoms with E-state index >= 15 is 0 Å². The Kier molecular flexibility index (Phi) is 8.01. The van der Waals surface area contributed by atoms with Crippen molar-refractivity contribution in [2.24, 2.45) is 0 Å². The fourth-order valence-corrected chi connectivity index (χ4v) is 3.15. The highest BCUT2D eigenvalue weighted by molar-refractivity contribution is 4.90. The first-order valence-corrected chi connectivity index (χ1v) is 8.52. The summed E-state index contributed by atoms with van der Waals surface area (Å²) in [5.74, 6) is 0. The Morgan fingerprint density at radius 1 is 0.947 bits per heavy atom. The van der Waals surface area contributed by atoms with E-state index in [0.29, 0.717) is 0 Å². The van der Waals surface area contributed by atoms with Gasteiger partial charge in [-0.25, -0.2) is 0 Å². The van der Waals surface area contributed by atoms with Gasteiger partial charge in [0.1, 0.15) is 0 Å². The highest BCUT2D eigenvalue weighted by atomic mass is 16.3. The second-order valence-corrected chi connectivity index (χ2v) is 6.77. The molecule has 1 aliphatic heterocycles. The lowest BCUT2D eigenvalue weighted by atomic mass is 9.91. The Bertz CT molecular complexity index is 221. The topological polar surface area (TPSA) is 23.5 Å². The second-order valence-electron chi connectivity index (χ2n) is 6.77. The SMILES string of the molecule is CCCCCCCCCC(O)C(C)(C)N1CCCC1. The minimum Gasteiger partial charge on any atom is -0.391 e. The van der Waals surface area contributed by atoms with Crippen LogP contribution in [0.15, 0.2) is 0 Å². The van der Waals surface area contributed by atoms with Crippen LogP contribution in [0.25, 0.3) is 0 Å². The van der Waals surface area contributed by atoms with Crippen LogP contribution in [0.1, 0.15) is 85.0 Å². The molecule has 2 nitrogen and oxygen atoms in total. The standard InChI is InChI=1S/C17H35NO/c1-4-5-6-7-8-9-10-13-16(19)17(2,3)18-14-11-12-15-18/h16,19H,4-15H2,1-3H3. The first kappa shape index (κ1) is 17.0. The largest absolute Gasteiger partial charge is 0.391 e.